The summed E-state index contributed by atoms with van der Waals surface area (Å²) in [6.07, 6.45) is 2.33. The van der Waals surface area contributed by atoms with Crippen LogP contribution >= 0.6 is 10.5 Å². The Morgan fingerprint density at radius 2 is 1.00 bits per heavy atom. The Balaban J connectivity index is 1.10. The molecule has 2 heterocycles. The van der Waals surface area contributed by atoms with Crippen LogP contribution < -0.4 is 0 Å². The van der Waals surface area contributed by atoms with Crippen molar-refractivity contribution in [2.24, 2.45) is 6.26 Å². The van der Waals surface area contributed by atoms with Gasteiger partial charge in [-0.1, -0.05) is 158 Å². The van der Waals surface area contributed by atoms with Gasteiger partial charge < -0.3 is 0 Å². The third-order valence-electron chi connectivity index (χ3n) is 11.6. The van der Waals surface area contributed by atoms with Crippen LogP contribution in [0.5, 0.6) is 0 Å². The summed E-state index contributed by atoms with van der Waals surface area (Å²) in [4.78, 5) is 10.7. The van der Waals surface area contributed by atoms with E-state index in [1.165, 1.54) is 53.6 Å². The molecule has 0 radical (unpaired) electrons. The standard InChI is InChI=1S/C52H35N2S/c1-55-46-29-13-10-26-42(46)48-47(55)31-30-45-49(48)50(34-16-4-2-5-17-34)54-51(53-45)37-20-14-18-35(32-37)36-19-15-23-39(33-36)52(38-21-6-3-7-22-38)43-27-11-8-24-40(43)41-25-9-12-28-44(41)52/h2-33H,1H3/q+1. The number of aryl methyl sites for hydroxylation is 1. The summed E-state index contributed by atoms with van der Waals surface area (Å²) in [6.45, 7) is 0. The Morgan fingerprint density at radius 3 is 1.76 bits per heavy atom. The van der Waals surface area contributed by atoms with Crippen LogP contribution in [0.4, 0.5) is 0 Å². The summed E-state index contributed by atoms with van der Waals surface area (Å²) in [7, 11) is -0.00768. The van der Waals surface area contributed by atoms with E-state index >= 15 is 0 Å². The quantitative estimate of drug-likeness (QED) is 0.166. The van der Waals surface area contributed by atoms with Crippen LogP contribution in [-0.4, -0.2) is 9.97 Å². The lowest BCUT2D eigenvalue weighted by atomic mass is 9.67. The van der Waals surface area contributed by atoms with Crippen molar-refractivity contribution in [3.8, 4) is 44.9 Å². The Morgan fingerprint density at radius 1 is 0.418 bits per heavy atom. The van der Waals surface area contributed by atoms with Crippen LogP contribution in [0.25, 0.3) is 76.0 Å². The average Bonchev–Trinajstić information content (AvgIpc) is 3.73. The molecule has 0 aliphatic heterocycles. The summed E-state index contributed by atoms with van der Waals surface area (Å²) in [6, 6.07) is 70.6. The predicted octanol–water partition coefficient (Wildman–Crippen LogP) is 13.6. The normalized spacial score (nSPS) is 13.3. The maximum Gasteiger partial charge on any atom is 0.182 e. The highest BCUT2D eigenvalue weighted by Crippen LogP contribution is 2.56. The number of aromatic nitrogens is 2. The van der Waals surface area contributed by atoms with E-state index in [0.717, 1.165) is 44.7 Å². The van der Waals surface area contributed by atoms with Gasteiger partial charge >= 0.3 is 0 Å². The van der Waals surface area contributed by atoms with Gasteiger partial charge in [0.15, 0.2) is 15.2 Å². The van der Waals surface area contributed by atoms with Gasteiger partial charge in [-0.15, -0.1) is 0 Å². The summed E-state index contributed by atoms with van der Waals surface area (Å²) in [5, 5.41) is 3.70. The molecule has 0 saturated carbocycles. The van der Waals surface area contributed by atoms with Crippen molar-refractivity contribution in [3.05, 3.63) is 216 Å². The minimum Gasteiger partial charge on any atom is -0.228 e. The molecule has 0 fully saturated rings. The van der Waals surface area contributed by atoms with E-state index in [-0.39, 0.29) is 10.5 Å². The highest BCUT2D eigenvalue weighted by molar-refractivity contribution is 7.41. The number of fused-ring (bicyclic) bond motifs is 8. The van der Waals surface area contributed by atoms with Crippen LogP contribution in [0.3, 0.4) is 0 Å². The van der Waals surface area contributed by atoms with Crippen molar-refractivity contribution < 1.29 is 0 Å². The van der Waals surface area contributed by atoms with Gasteiger partial charge in [-0.2, -0.15) is 0 Å². The van der Waals surface area contributed by atoms with Crippen LogP contribution in [0.15, 0.2) is 194 Å². The van der Waals surface area contributed by atoms with Crippen LogP contribution in [0.2, 0.25) is 0 Å². The van der Waals surface area contributed by atoms with Crippen LogP contribution in [0.1, 0.15) is 22.3 Å². The van der Waals surface area contributed by atoms with E-state index in [4.69, 9.17) is 9.97 Å². The van der Waals surface area contributed by atoms with Crippen LogP contribution in [0, 0.1) is 0 Å². The second-order valence-corrected chi connectivity index (χ2v) is 16.4. The Hall–Kier alpha value is -6.68. The van der Waals surface area contributed by atoms with Crippen molar-refractivity contribution in [1.29, 1.82) is 0 Å². The number of benzene rings is 8. The zero-order valence-corrected chi connectivity index (χ0v) is 31.1. The van der Waals surface area contributed by atoms with Crippen molar-refractivity contribution in [3.63, 3.8) is 0 Å². The fourth-order valence-electron chi connectivity index (χ4n) is 9.20. The Labute approximate surface area is 323 Å². The molecular weight excluding hydrogens is 685 g/mol. The smallest absolute Gasteiger partial charge is 0.182 e. The number of hydrogen-bond acceptors (Lipinski definition) is 2. The molecule has 0 bridgehead atoms. The minimum absolute atomic E-state index is 0.00768. The van der Waals surface area contributed by atoms with Gasteiger partial charge in [0.1, 0.15) is 6.26 Å². The van der Waals surface area contributed by atoms with Crippen molar-refractivity contribution in [2.45, 2.75) is 5.41 Å². The van der Waals surface area contributed by atoms with Gasteiger partial charge in [0.05, 0.1) is 22.0 Å². The molecule has 0 N–H and O–H groups in total. The van der Waals surface area contributed by atoms with E-state index < -0.39 is 5.41 Å². The highest BCUT2D eigenvalue weighted by atomic mass is 32.2. The first-order valence-electron chi connectivity index (χ1n) is 18.8. The molecule has 1 aliphatic rings. The molecule has 0 amide bonds. The molecule has 0 saturated heterocycles. The molecule has 1 aliphatic carbocycles. The molecule has 11 rings (SSSR count). The van der Waals surface area contributed by atoms with Gasteiger partial charge in [0, 0.05) is 28.0 Å². The summed E-state index contributed by atoms with van der Waals surface area (Å²) in [5.41, 5.74) is 13.6. The SMILES string of the molecule is C[s+]1c2ccccc2c2c3c(-c4ccccc4)nc(-c4cccc(-c5cccc(C6(c7ccccc7)c7ccccc7-c7ccccc76)c5)c4)nc3ccc21. The van der Waals surface area contributed by atoms with Crippen molar-refractivity contribution in [2.75, 3.05) is 0 Å². The number of rotatable bonds is 5. The third kappa shape index (κ3) is 4.73. The molecule has 2 aromatic heterocycles. The Bertz CT molecular complexity index is 3060. The molecule has 258 valence electrons. The first-order chi connectivity index (χ1) is 27.2. The summed E-state index contributed by atoms with van der Waals surface area (Å²) in [5.74, 6) is 0.727. The molecule has 2 nitrogen and oxygen atoms in total. The molecule has 8 aromatic carbocycles. The Kier molecular flexibility index (Phi) is 7.20. The second-order valence-electron chi connectivity index (χ2n) is 14.5. The van der Waals surface area contributed by atoms with Gasteiger partial charge in [-0.3, -0.25) is 0 Å². The minimum atomic E-state index is -0.453. The molecular formula is C52H35N2S+. The summed E-state index contributed by atoms with van der Waals surface area (Å²) < 4.78 is 2.76. The zero-order valence-electron chi connectivity index (χ0n) is 30.3. The van der Waals surface area contributed by atoms with Crippen LogP contribution in [-0.2, 0) is 11.7 Å². The molecule has 3 heteroatoms. The van der Waals surface area contributed by atoms with E-state index in [0.29, 0.717) is 0 Å². The molecule has 0 spiro atoms. The van der Waals surface area contributed by atoms with E-state index in [9.17, 15) is 0 Å². The topological polar surface area (TPSA) is 25.8 Å². The monoisotopic (exact) mass is 719 g/mol. The average molecular weight is 720 g/mol. The fourth-order valence-corrected chi connectivity index (χ4v) is 11.0. The highest BCUT2D eigenvalue weighted by Gasteiger charge is 2.45. The lowest BCUT2D eigenvalue weighted by Gasteiger charge is -2.34. The maximum absolute atomic E-state index is 5.42. The predicted molar refractivity (Wildman–Crippen MR) is 232 cm³/mol. The van der Waals surface area contributed by atoms with Crippen molar-refractivity contribution in [1.82, 2.24) is 9.97 Å². The first-order valence-corrected chi connectivity index (χ1v) is 20.5. The number of nitrogens with zero attached hydrogens (tertiary/aromatic N) is 2. The van der Waals surface area contributed by atoms with Crippen molar-refractivity contribution >= 4 is 41.5 Å². The van der Waals surface area contributed by atoms with Gasteiger partial charge in [0.2, 0.25) is 0 Å². The zero-order chi connectivity index (χ0) is 36.5. The van der Waals surface area contributed by atoms with E-state index in [1.54, 1.807) is 0 Å². The molecule has 10 aromatic rings. The van der Waals surface area contributed by atoms with Gasteiger partial charge in [0.25, 0.3) is 0 Å². The maximum atomic E-state index is 5.42. The number of hydrogen-bond donors (Lipinski definition) is 0. The van der Waals surface area contributed by atoms with Gasteiger partial charge in [-0.05, 0) is 85.3 Å². The largest absolute Gasteiger partial charge is 0.228 e. The summed E-state index contributed by atoms with van der Waals surface area (Å²) >= 11 is 0. The lowest BCUT2D eigenvalue weighted by Crippen LogP contribution is -2.28. The lowest BCUT2D eigenvalue weighted by molar-refractivity contribution is 0.769. The van der Waals surface area contributed by atoms with Gasteiger partial charge in [-0.25, -0.2) is 9.97 Å². The molecule has 55 heavy (non-hydrogen) atoms. The second kappa shape index (κ2) is 12.4. The number of thiophene rings is 1. The first kappa shape index (κ1) is 31.8. The third-order valence-corrected chi connectivity index (χ3v) is 13.6. The van der Waals surface area contributed by atoms with E-state index in [2.05, 4.69) is 200 Å². The molecule has 1 atom stereocenters. The van der Waals surface area contributed by atoms with E-state index in [1.807, 2.05) is 0 Å². The fraction of sp³-hybridized carbons (Fsp3) is 0.0385. The molecule has 1 unspecified atom stereocenters.